The molecule has 1 N–H and O–H groups in total. The lowest BCUT2D eigenvalue weighted by Gasteiger charge is -2.23. The second-order valence-corrected chi connectivity index (χ2v) is 19.3. The molecule has 6 rings (SSSR count). The Bertz CT molecular complexity index is 2340. The number of phenols is 1. The highest BCUT2D eigenvalue weighted by molar-refractivity contribution is 7.56. The predicted molar refractivity (Wildman–Crippen MR) is 265 cm³/mol. The minimum atomic E-state index is 0.209. The van der Waals surface area contributed by atoms with Crippen molar-refractivity contribution in [1.82, 2.24) is 0 Å². The number of phenolic OH excluding ortho intramolecular Hbond substituents is 1. The fourth-order valence-electron chi connectivity index (χ4n) is 7.89. The molecule has 7 heteroatoms. The number of para-hydroxylation sites is 2. The molecule has 0 aromatic heterocycles. The zero-order valence-corrected chi connectivity index (χ0v) is 40.5. The molecule has 0 amide bonds. The molecule has 0 fully saturated rings. The van der Waals surface area contributed by atoms with E-state index in [4.69, 9.17) is 18.9 Å². The van der Waals surface area contributed by atoms with Crippen molar-refractivity contribution in [3.05, 3.63) is 143 Å². The van der Waals surface area contributed by atoms with E-state index in [0.29, 0.717) is 46.6 Å². The van der Waals surface area contributed by atoms with E-state index in [0.717, 1.165) is 44.3 Å². The molecule has 0 radical (unpaired) electrons. The molecule has 2 unspecified atom stereocenters. The molecule has 6 aromatic rings. The van der Waals surface area contributed by atoms with E-state index >= 15 is 0 Å². The highest BCUT2D eigenvalue weighted by atomic mass is 31.1. The summed E-state index contributed by atoms with van der Waals surface area (Å²) < 4.78 is 22.8. The molecule has 0 aliphatic heterocycles. The van der Waals surface area contributed by atoms with Crippen molar-refractivity contribution in [3.8, 4) is 45.3 Å². The summed E-state index contributed by atoms with van der Waals surface area (Å²) in [4.78, 5) is 0. The van der Waals surface area contributed by atoms with Gasteiger partial charge >= 0.3 is 0 Å². The first kappa shape index (κ1) is 47.4. The fraction of sp³-hybridized carbons (Fsp3) is 0.333. The monoisotopic (exact) mass is 856 g/mol. The molecule has 2 atom stereocenters. The maximum atomic E-state index is 11.3. The lowest BCUT2D eigenvalue weighted by Crippen LogP contribution is -2.15. The molecule has 0 spiro atoms. The largest absolute Gasteiger partial charge is 0.507 e. The Balaban J connectivity index is 0.000000232. The maximum absolute atomic E-state index is 11.3. The second-order valence-electron chi connectivity index (χ2n) is 16.7. The minimum absolute atomic E-state index is 0.209. The average Bonchev–Trinajstić information content (AvgIpc) is 3.24. The van der Waals surface area contributed by atoms with Crippen LogP contribution in [0.4, 0.5) is 0 Å². The molecule has 0 heterocycles. The van der Waals surface area contributed by atoms with E-state index in [1.165, 1.54) is 49.8 Å². The van der Waals surface area contributed by atoms with Crippen molar-refractivity contribution in [3.63, 3.8) is 0 Å². The van der Waals surface area contributed by atoms with Gasteiger partial charge < -0.3 is 24.1 Å². The highest BCUT2D eigenvalue weighted by Crippen LogP contribution is 2.43. The molecule has 0 saturated carbocycles. The Morgan fingerprint density at radius 1 is 0.475 bits per heavy atom. The molecule has 0 bridgehead atoms. The van der Waals surface area contributed by atoms with E-state index < -0.39 is 0 Å². The van der Waals surface area contributed by atoms with Crippen molar-refractivity contribution < 1.29 is 24.1 Å². The van der Waals surface area contributed by atoms with Gasteiger partial charge in [0.25, 0.3) is 0 Å². The van der Waals surface area contributed by atoms with Crippen LogP contribution in [0.25, 0.3) is 22.3 Å². The van der Waals surface area contributed by atoms with Crippen LogP contribution >= 0.6 is 17.2 Å². The molecule has 322 valence electrons. The summed E-state index contributed by atoms with van der Waals surface area (Å²) in [5.74, 6) is 4.63. The first-order valence-electron chi connectivity index (χ1n) is 21.4. The van der Waals surface area contributed by atoms with Crippen molar-refractivity contribution in [1.29, 1.82) is 0 Å². The smallest absolute Gasteiger partial charge is 0.188 e. The normalized spacial score (nSPS) is 11.7. The van der Waals surface area contributed by atoms with Crippen molar-refractivity contribution in [2.24, 2.45) is 0 Å². The lowest BCUT2D eigenvalue weighted by molar-refractivity contribution is 0.0523. The zero-order chi connectivity index (χ0) is 44.4. The van der Waals surface area contributed by atoms with Crippen LogP contribution in [0.1, 0.15) is 112 Å². The van der Waals surface area contributed by atoms with Gasteiger partial charge in [-0.25, -0.2) is 0 Å². The molecule has 61 heavy (non-hydrogen) atoms. The molecular weight excluding hydrogens is 791 g/mol. The Hall–Kier alpha value is -4.66. The van der Waals surface area contributed by atoms with Gasteiger partial charge in [0.2, 0.25) is 0 Å². The van der Waals surface area contributed by atoms with Crippen LogP contribution in [0.5, 0.6) is 23.0 Å². The van der Waals surface area contributed by atoms with Crippen molar-refractivity contribution in [2.75, 3.05) is 28.1 Å². The fourth-order valence-corrected chi connectivity index (χ4v) is 10.5. The van der Waals surface area contributed by atoms with E-state index in [-0.39, 0.29) is 6.79 Å². The topological polar surface area (TPSA) is 57.2 Å². The summed E-state index contributed by atoms with van der Waals surface area (Å²) in [5, 5.41) is 15.8. The number of aryl methyl sites for hydroxylation is 2. The maximum Gasteiger partial charge on any atom is 0.188 e. The molecule has 0 aliphatic rings. The van der Waals surface area contributed by atoms with E-state index in [9.17, 15) is 5.11 Å². The second kappa shape index (κ2) is 21.9. The molecule has 0 aliphatic carbocycles. The quantitative estimate of drug-likeness (QED) is 0.0824. The predicted octanol–water partition coefficient (Wildman–Crippen LogP) is 12.8. The average molecular weight is 857 g/mol. The van der Waals surface area contributed by atoms with Gasteiger partial charge in [0.15, 0.2) is 6.79 Å². The Kier molecular flexibility index (Phi) is 17.0. The summed E-state index contributed by atoms with van der Waals surface area (Å²) in [6.45, 7) is 22.3. The van der Waals surface area contributed by atoms with Gasteiger partial charge in [-0.15, -0.1) is 0 Å². The van der Waals surface area contributed by atoms with Gasteiger partial charge in [0, 0.05) is 39.5 Å². The first-order chi connectivity index (χ1) is 29.2. The summed E-state index contributed by atoms with van der Waals surface area (Å²) in [6, 6.07) is 38.1. The number of ether oxygens (including phenoxy) is 4. The third-order valence-electron chi connectivity index (χ3n) is 11.1. The molecule has 0 saturated heterocycles. The van der Waals surface area contributed by atoms with Gasteiger partial charge in [0.1, 0.15) is 23.0 Å². The van der Waals surface area contributed by atoms with Gasteiger partial charge in [-0.1, -0.05) is 170 Å². The standard InChI is InChI=1S/C28H35O3P.C26H31O2P/c1-18(2)21-12-9-13-22(19(3)4)26(21)23-14-10-16-25(27(23)31-17-29-6)32-28-20(5)11-8-15-24(28)30-7;1-16(2)19-11-8-12-20(17(3)4)24(19)21-13-9-15-23(25(21)27)29-26-18(5)10-7-14-22(26)28-6/h8-16,18-19,32H,17H2,1-7H3;7-17,27,29H,1-6H3. The van der Waals surface area contributed by atoms with Crippen LogP contribution in [-0.4, -0.2) is 33.2 Å². The van der Waals surface area contributed by atoms with Gasteiger partial charge in [-0.05, 0) is 94.2 Å². The summed E-state index contributed by atoms with van der Waals surface area (Å²) >= 11 is 0. The third-order valence-corrected chi connectivity index (χ3v) is 14.2. The van der Waals surface area contributed by atoms with Gasteiger partial charge in [-0.3, -0.25) is 0 Å². The molecular formula is C54H66O5P2. The number of hydrogen-bond acceptors (Lipinski definition) is 5. The molecule has 6 aromatic carbocycles. The van der Waals surface area contributed by atoms with Gasteiger partial charge in [0.05, 0.1) is 14.2 Å². The number of rotatable bonds is 15. The van der Waals surface area contributed by atoms with Crippen LogP contribution in [0.15, 0.2) is 109 Å². The van der Waals surface area contributed by atoms with Gasteiger partial charge in [-0.2, -0.15) is 0 Å². The third kappa shape index (κ3) is 11.1. The Labute approximate surface area is 369 Å². The van der Waals surface area contributed by atoms with Crippen LogP contribution in [-0.2, 0) is 4.74 Å². The molecule has 5 nitrogen and oxygen atoms in total. The van der Waals surface area contributed by atoms with Crippen molar-refractivity contribution in [2.45, 2.75) is 92.9 Å². The lowest BCUT2D eigenvalue weighted by atomic mass is 9.85. The Morgan fingerprint density at radius 3 is 1.28 bits per heavy atom. The first-order valence-corrected chi connectivity index (χ1v) is 23.4. The van der Waals surface area contributed by atoms with E-state index in [1.807, 2.05) is 36.4 Å². The Morgan fingerprint density at radius 2 is 0.852 bits per heavy atom. The van der Waals surface area contributed by atoms with Crippen LogP contribution in [0, 0.1) is 13.8 Å². The number of benzene rings is 6. The minimum Gasteiger partial charge on any atom is -0.507 e. The number of methoxy groups -OCH3 is 3. The summed E-state index contributed by atoms with van der Waals surface area (Å²) in [6.07, 6.45) is 0. The summed E-state index contributed by atoms with van der Waals surface area (Å²) in [5.41, 5.74) is 12.2. The summed E-state index contributed by atoms with van der Waals surface area (Å²) in [7, 11) is 5.83. The van der Waals surface area contributed by atoms with E-state index in [1.54, 1.807) is 21.3 Å². The van der Waals surface area contributed by atoms with Crippen LogP contribution < -0.4 is 35.4 Å². The number of aromatic hydroxyl groups is 1. The van der Waals surface area contributed by atoms with Crippen LogP contribution in [0.3, 0.4) is 0 Å². The van der Waals surface area contributed by atoms with Crippen LogP contribution in [0.2, 0.25) is 0 Å². The SMILES string of the molecule is COCOc1c(Pc2c(C)cccc2OC)cccc1-c1c(C(C)C)cccc1C(C)C.COc1cccc(C)c1Pc1cccc(-c2c(C(C)C)cccc2C(C)C)c1O. The zero-order valence-electron chi connectivity index (χ0n) is 38.5. The van der Waals surface area contributed by atoms with Crippen molar-refractivity contribution >= 4 is 38.4 Å². The highest BCUT2D eigenvalue weighted by Gasteiger charge is 2.23. The van der Waals surface area contributed by atoms with E-state index in [2.05, 4.69) is 142 Å². The number of hydrogen-bond donors (Lipinski definition) is 1.